The van der Waals surface area contributed by atoms with Crippen molar-refractivity contribution < 1.29 is 19.0 Å². The molecule has 1 amide bonds. The number of ether oxygens (including phenoxy) is 3. The van der Waals surface area contributed by atoms with Gasteiger partial charge >= 0.3 is 0 Å². The Balaban J connectivity index is 1.32. The molecule has 0 aliphatic rings. The SMILES string of the molecule is COc1cc2nccc(Oc3ccc4c(C(=O)Nc5nc6ccccc6n5C)cccc4c3)c2cc1OC. The number of imidazole rings is 1. The van der Waals surface area contributed by atoms with Crippen LogP contribution in [0.3, 0.4) is 0 Å². The maximum Gasteiger partial charge on any atom is 0.258 e. The summed E-state index contributed by atoms with van der Waals surface area (Å²) < 4.78 is 19.0. The highest BCUT2D eigenvalue weighted by atomic mass is 16.5. The number of amides is 1. The van der Waals surface area contributed by atoms with Gasteiger partial charge in [-0.3, -0.25) is 15.1 Å². The van der Waals surface area contributed by atoms with Crippen LogP contribution in [-0.4, -0.2) is 34.7 Å². The van der Waals surface area contributed by atoms with Crippen molar-refractivity contribution in [1.29, 1.82) is 0 Å². The molecular weight excluding hydrogens is 480 g/mol. The summed E-state index contributed by atoms with van der Waals surface area (Å²) in [6, 6.07) is 24.5. The number of methoxy groups -OCH3 is 2. The summed E-state index contributed by atoms with van der Waals surface area (Å²) in [6.07, 6.45) is 1.69. The van der Waals surface area contributed by atoms with E-state index in [1.807, 2.05) is 78.3 Å². The van der Waals surface area contributed by atoms with Crippen molar-refractivity contribution >= 4 is 44.6 Å². The van der Waals surface area contributed by atoms with E-state index in [4.69, 9.17) is 14.2 Å². The summed E-state index contributed by atoms with van der Waals surface area (Å²) in [5.41, 5.74) is 3.04. The number of pyridine rings is 1. The highest BCUT2D eigenvalue weighted by Crippen LogP contribution is 2.37. The maximum absolute atomic E-state index is 13.3. The molecule has 8 heteroatoms. The molecule has 6 rings (SSSR count). The van der Waals surface area contributed by atoms with Crippen molar-refractivity contribution in [3.05, 3.63) is 90.6 Å². The minimum absolute atomic E-state index is 0.233. The second-order valence-corrected chi connectivity index (χ2v) is 8.76. The Morgan fingerprint density at radius 3 is 2.45 bits per heavy atom. The Hall–Kier alpha value is -5.11. The number of hydrogen-bond donors (Lipinski definition) is 1. The second-order valence-electron chi connectivity index (χ2n) is 8.76. The van der Waals surface area contributed by atoms with E-state index in [-0.39, 0.29) is 5.91 Å². The van der Waals surface area contributed by atoms with Crippen LogP contribution in [0.15, 0.2) is 85.1 Å². The Bertz CT molecular complexity index is 1840. The van der Waals surface area contributed by atoms with Crippen LogP contribution in [0.5, 0.6) is 23.0 Å². The molecule has 0 spiro atoms. The van der Waals surface area contributed by atoms with Crippen molar-refractivity contribution in [2.45, 2.75) is 0 Å². The van der Waals surface area contributed by atoms with Gasteiger partial charge in [0.25, 0.3) is 5.91 Å². The number of carbonyl (C=O) groups is 1. The molecule has 1 N–H and O–H groups in total. The topological polar surface area (TPSA) is 87.5 Å². The predicted octanol–water partition coefficient (Wildman–Crippen LogP) is 6.34. The molecule has 38 heavy (non-hydrogen) atoms. The van der Waals surface area contributed by atoms with Crippen molar-refractivity contribution in [3.63, 3.8) is 0 Å². The fraction of sp³-hybridized carbons (Fsp3) is 0.100. The largest absolute Gasteiger partial charge is 0.493 e. The number of aromatic nitrogens is 3. The lowest BCUT2D eigenvalue weighted by Gasteiger charge is -2.13. The van der Waals surface area contributed by atoms with Gasteiger partial charge in [-0.1, -0.05) is 24.3 Å². The van der Waals surface area contributed by atoms with Crippen LogP contribution < -0.4 is 19.5 Å². The molecule has 2 heterocycles. The molecule has 2 aromatic heterocycles. The van der Waals surface area contributed by atoms with Crippen molar-refractivity contribution in [2.24, 2.45) is 7.05 Å². The molecule has 0 saturated heterocycles. The predicted molar refractivity (Wildman–Crippen MR) is 148 cm³/mol. The van der Waals surface area contributed by atoms with Gasteiger partial charge in [0, 0.05) is 30.3 Å². The molecule has 0 aliphatic carbocycles. The first-order chi connectivity index (χ1) is 18.6. The van der Waals surface area contributed by atoms with Gasteiger partial charge in [-0.2, -0.15) is 0 Å². The molecule has 4 aromatic carbocycles. The summed E-state index contributed by atoms with van der Waals surface area (Å²) >= 11 is 0. The number of fused-ring (bicyclic) bond motifs is 3. The third-order valence-electron chi connectivity index (χ3n) is 6.54. The lowest BCUT2D eigenvalue weighted by atomic mass is 10.0. The number of rotatable bonds is 6. The highest BCUT2D eigenvalue weighted by molar-refractivity contribution is 6.13. The van der Waals surface area contributed by atoms with E-state index >= 15 is 0 Å². The molecular formula is C30H24N4O4. The molecule has 188 valence electrons. The van der Waals surface area contributed by atoms with Crippen LogP contribution >= 0.6 is 0 Å². The van der Waals surface area contributed by atoms with E-state index in [9.17, 15) is 4.79 Å². The smallest absolute Gasteiger partial charge is 0.258 e. The van der Waals surface area contributed by atoms with E-state index in [1.54, 1.807) is 32.5 Å². The van der Waals surface area contributed by atoms with Gasteiger partial charge in [0.15, 0.2) is 11.5 Å². The van der Waals surface area contributed by atoms with Crippen LogP contribution in [0.25, 0.3) is 32.7 Å². The molecule has 0 atom stereocenters. The molecule has 0 bridgehead atoms. The molecule has 0 aliphatic heterocycles. The van der Waals surface area contributed by atoms with Gasteiger partial charge in [0.1, 0.15) is 11.5 Å². The van der Waals surface area contributed by atoms with Crippen LogP contribution in [0.4, 0.5) is 5.95 Å². The summed E-state index contributed by atoms with van der Waals surface area (Å²) in [6.45, 7) is 0. The standard InChI is InChI=1S/C30H24N4O4/c1-34-25-10-5-4-9-23(25)32-30(34)33-29(35)21-8-6-7-18-15-19(11-12-20(18)21)38-26-13-14-31-24-17-28(37-3)27(36-2)16-22(24)26/h4-17H,1-3H3,(H,32,33,35). The van der Waals surface area contributed by atoms with Gasteiger partial charge in [0.05, 0.1) is 30.8 Å². The van der Waals surface area contributed by atoms with E-state index < -0.39 is 0 Å². The third-order valence-corrected chi connectivity index (χ3v) is 6.54. The van der Waals surface area contributed by atoms with Crippen LogP contribution in [0, 0.1) is 0 Å². The number of nitrogens with one attached hydrogen (secondary N) is 1. The Morgan fingerprint density at radius 1 is 0.816 bits per heavy atom. The third kappa shape index (κ3) is 4.02. The minimum Gasteiger partial charge on any atom is -0.493 e. The first-order valence-corrected chi connectivity index (χ1v) is 12.0. The van der Waals surface area contributed by atoms with Gasteiger partial charge in [-0.25, -0.2) is 4.98 Å². The highest BCUT2D eigenvalue weighted by Gasteiger charge is 2.16. The zero-order valence-corrected chi connectivity index (χ0v) is 21.1. The average Bonchev–Trinajstić information content (AvgIpc) is 3.26. The van der Waals surface area contributed by atoms with Crippen LogP contribution in [0.2, 0.25) is 0 Å². The maximum atomic E-state index is 13.3. The molecule has 0 unspecified atom stereocenters. The summed E-state index contributed by atoms with van der Waals surface area (Å²) in [7, 11) is 5.06. The van der Waals surface area contributed by atoms with E-state index in [1.165, 1.54) is 0 Å². The Morgan fingerprint density at radius 2 is 1.63 bits per heavy atom. The number of aryl methyl sites for hydroxylation is 1. The quantitative estimate of drug-likeness (QED) is 0.285. The number of anilines is 1. The molecule has 0 fully saturated rings. The fourth-order valence-corrected chi connectivity index (χ4v) is 4.61. The average molecular weight is 505 g/mol. The zero-order chi connectivity index (χ0) is 26.2. The number of hydrogen-bond acceptors (Lipinski definition) is 6. The lowest BCUT2D eigenvalue weighted by Crippen LogP contribution is -2.15. The number of para-hydroxylation sites is 2. The first-order valence-electron chi connectivity index (χ1n) is 12.0. The molecule has 0 saturated carbocycles. The second kappa shape index (κ2) is 9.40. The normalized spacial score (nSPS) is 11.1. The van der Waals surface area contributed by atoms with Crippen molar-refractivity contribution in [2.75, 3.05) is 19.5 Å². The van der Waals surface area contributed by atoms with Gasteiger partial charge in [-0.05, 0) is 59.3 Å². The zero-order valence-electron chi connectivity index (χ0n) is 21.1. The fourth-order valence-electron chi connectivity index (χ4n) is 4.61. The van der Waals surface area contributed by atoms with E-state index in [0.29, 0.717) is 34.5 Å². The van der Waals surface area contributed by atoms with Crippen molar-refractivity contribution in [1.82, 2.24) is 14.5 Å². The van der Waals surface area contributed by atoms with Gasteiger partial charge in [0.2, 0.25) is 5.95 Å². The van der Waals surface area contributed by atoms with Crippen LogP contribution in [-0.2, 0) is 7.05 Å². The first kappa shape index (κ1) is 23.3. The van der Waals surface area contributed by atoms with Gasteiger partial charge in [-0.15, -0.1) is 0 Å². The number of carbonyl (C=O) groups excluding carboxylic acids is 1. The molecule has 0 radical (unpaired) electrons. The van der Waals surface area contributed by atoms with Crippen LogP contribution in [0.1, 0.15) is 10.4 Å². The van der Waals surface area contributed by atoms with E-state index in [2.05, 4.69) is 15.3 Å². The Kier molecular flexibility index (Phi) is 5.76. The van der Waals surface area contributed by atoms with Crippen molar-refractivity contribution in [3.8, 4) is 23.0 Å². The summed E-state index contributed by atoms with van der Waals surface area (Å²) in [5.74, 6) is 2.71. The van der Waals surface area contributed by atoms with E-state index in [0.717, 1.165) is 32.7 Å². The number of benzene rings is 4. The summed E-state index contributed by atoms with van der Waals surface area (Å²) in [4.78, 5) is 22.3. The Labute approximate surface area is 218 Å². The monoisotopic (exact) mass is 504 g/mol. The minimum atomic E-state index is -0.233. The van der Waals surface area contributed by atoms with Gasteiger partial charge < -0.3 is 18.8 Å². The molecule has 8 nitrogen and oxygen atoms in total. The number of nitrogens with zero attached hydrogens (tertiary/aromatic N) is 3. The summed E-state index contributed by atoms with van der Waals surface area (Å²) in [5, 5.41) is 5.43. The molecule has 6 aromatic rings. The lowest BCUT2D eigenvalue weighted by molar-refractivity contribution is 0.102.